The van der Waals surface area contributed by atoms with E-state index in [2.05, 4.69) is 24.4 Å². The van der Waals surface area contributed by atoms with Gasteiger partial charge in [-0.05, 0) is 54.1 Å². The first-order valence-electron chi connectivity index (χ1n) is 9.84. The van der Waals surface area contributed by atoms with E-state index in [0.717, 1.165) is 22.7 Å². The van der Waals surface area contributed by atoms with E-state index in [1.54, 1.807) is 22.2 Å². The first-order chi connectivity index (χ1) is 14.2. The van der Waals surface area contributed by atoms with Crippen LogP contribution in [0.3, 0.4) is 0 Å². The number of amides is 1. The van der Waals surface area contributed by atoms with Crippen LogP contribution in [0.4, 0.5) is 5.69 Å². The van der Waals surface area contributed by atoms with Crippen molar-refractivity contribution in [1.82, 2.24) is 9.78 Å². The molecule has 1 N–H and O–H groups in total. The summed E-state index contributed by atoms with van der Waals surface area (Å²) in [5.41, 5.74) is 4.26. The second-order valence-corrected chi connectivity index (χ2v) is 7.85. The summed E-state index contributed by atoms with van der Waals surface area (Å²) in [6.07, 6.45) is 5.22. The Balaban J connectivity index is 1.61. The van der Waals surface area contributed by atoms with Gasteiger partial charge in [-0.3, -0.25) is 4.79 Å². The minimum atomic E-state index is -0.156. The Labute approximate surface area is 174 Å². The molecule has 0 unspecified atom stereocenters. The van der Waals surface area contributed by atoms with Crippen LogP contribution in [0.25, 0.3) is 16.3 Å². The van der Waals surface area contributed by atoms with Crippen molar-refractivity contribution in [2.45, 2.75) is 26.2 Å². The molecule has 0 saturated heterocycles. The Morgan fingerprint density at radius 1 is 1.03 bits per heavy atom. The van der Waals surface area contributed by atoms with Crippen LogP contribution in [-0.4, -0.2) is 15.7 Å². The van der Waals surface area contributed by atoms with E-state index in [1.807, 2.05) is 60.0 Å². The van der Waals surface area contributed by atoms with E-state index in [-0.39, 0.29) is 5.91 Å². The summed E-state index contributed by atoms with van der Waals surface area (Å²) in [4.78, 5) is 14.0. The Morgan fingerprint density at radius 2 is 1.83 bits per heavy atom. The highest BCUT2D eigenvalue weighted by molar-refractivity contribution is 7.13. The number of nitrogens with one attached hydrogen (secondary N) is 1. The van der Waals surface area contributed by atoms with Crippen LogP contribution >= 0.6 is 11.3 Å². The Morgan fingerprint density at radius 3 is 2.52 bits per heavy atom. The molecule has 4 aromatic rings. The minimum Gasteiger partial charge on any atom is -0.322 e. The monoisotopic (exact) mass is 401 g/mol. The molecule has 2 heterocycles. The molecule has 0 atom stereocenters. The summed E-state index contributed by atoms with van der Waals surface area (Å²) >= 11 is 1.58. The average molecular weight is 402 g/mol. The average Bonchev–Trinajstić information content (AvgIpc) is 3.44. The third kappa shape index (κ3) is 4.46. The number of aryl methyl sites for hydroxylation is 1. The molecule has 5 heteroatoms. The van der Waals surface area contributed by atoms with Gasteiger partial charge in [0.25, 0.3) is 5.91 Å². The molecule has 2 aromatic carbocycles. The standard InChI is InChI=1S/C24H23N3OS/c1-2-3-8-18-12-14-19(15-13-18)25-24(28)21-17-27(20-9-5-4-6-10-20)26-23(21)22-11-7-16-29-22/h4-7,9-17H,2-3,8H2,1H3,(H,25,28). The highest BCUT2D eigenvalue weighted by atomic mass is 32.1. The van der Waals surface area contributed by atoms with Crippen LogP contribution in [0, 0.1) is 0 Å². The minimum absolute atomic E-state index is 0.156. The fraction of sp³-hybridized carbons (Fsp3) is 0.167. The molecule has 0 aliphatic rings. The molecule has 0 bridgehead atoms. The maximum atomic E-state index is 13.1. The van der Waals surface area contributed by atoms with Gasteiger partial charge in [-0.1, -0.05) is 49.7 Å². The maximum Gasteiger partial charge on any atom is 0.259 e. The molecule has 0 aliphatic heterocycles. The van der Waals surface area contributed by atoms with Crippen molar-refractivity contribution in [2.24, 2.45) is 0 Å². The van der Waals surface area contributed by atoms with E-state index in [1.165, 1.54) is 18.4 Å². The Kier molecular flexibility index (Phi) is 5.86. The van der Waals surface area contributed by atoms with Crippen molar-refractivity contribution in [1.29, 1.82) is 0 Å². The van der Waals surface area contributed by atoms with E-state index >= 15 is 0 Å². The van der Waals surface area contributed by atoms with Crippen molar-refractivity contribution >= 4 is 22.9 Å². The van der Waals surface area contributed by atoms with Crippen molar-refractivity contribution in [3.05, 3.63) is 89.4 Å². The largest absolute Gasteiger partial charge is 0.322 e. The van der Waals surface area contributed by atoms with Gasteiger partial charge in [0.1, 0.15) is 5.69 Å². The Hall–Kier alpha value is -3.18. The zero-order chi connectivity index (χ0) is 20.1. The number of anilines is 1. The summed E-state index contributed by atoms with van der Waals surface area (Å²) in [7, 11) is 0. The normalized spacial score (nSPS) is 10.8. The van der Waals surface area contributed by atoms with Crippen LogP contribution in [-0.2, 0) is 6.42 Å². The molecule has 0 fully saturated rings. The molecule has 0 radical (unpaired) electrons. The van der Waals surface area contributed by atoms with Crippen LogP contribution in [0.5, 0.6) is 0 Å². The quantitative estimate of drug-likeness (QED) is 0.401. The van der Waals surface area contributed by atoms with Gasteiger partial charge in [-0.15, -0.1) is 11.3 Å². The number of aromatic nitrogens is 2. The van der Waals surface area contributed by atoms with E-state index < -0.39 is 0 Å². The lowest BCUT2D eigenvalue weighted by Gasteiger charge is -2.06. The molecule has 146 valence electrons. The number of unbranched alkanes of at least 4 members (excludes halogenated alkanes) is 1. The molecule has 1 amide bonds. The maximum absolute atomic E-state index is 13.1. The number of para-hydroxylation sites is 1. The van der Waals surface area contributed by atoms with E-state index in [9.17, 15) is 4.79 Å². The molecule has 0 aliphatic carbocycles. The predicted octanol–water partition coefficient (Wildman–Crippen LogP) is 6.20. The third-order valence-electron chi connectivity index (χ3n) is 4.76. The smallest absolute Gasteiger partial charge is 0.259 e. The van der Waals surface area contributed by atoms with Crippen molar-refractivity contribution < 1.29 is 4.79 Å². The van der Waals surface area contributed by atoms with Gasteiger partial charge in [0, 0.05) is 11.9 Å². The van der Waals surface area contributed by atoms with Gasteiger partial charge in [-0.25, -0.2) is 4.68 Å². The number of carbonyl (C=O) groups excluding carboxylic acids is 1. The number of rotatable bonds is 7. The van der Waals surface area contributed by atoms with Crippen molar-refractivity contribution in [3.63, 3.8) is 0 Å². The van der Waals surface area contributed by atoms with Gasteiger partial charge in [0.15, 0.2) is 0 Å². The van der Waals surface area contributed by atoms with Gasteiger partial charge in [-0.2, -0.15) is 5.10 Å². The second-order valence-electron chi connectivity index (χ2n) is 6.90. The molecule has 4 nitrogen and oxygen atoms in total. The lowest BCUT2D eigenvalue weighted by molar-refractivity contribution is 0.102. The highest BCUT2D eigenvalue weighted by Crippen LogP contribution is 2.28. The predicted molar refractivity (Wildman–Crippen MR) is 120 cm³/mol. The first-order valence-corrected chi connectivity index (χ1v) is 10.7. The van der Waals surface area contributed by atoms with E-state index in [0.29, 0.717) is 11.3 Å². The molecule has 29 heavy (non-hydrogen) atoms. The summed E-state index contributed by atoms with van der Waals surface area (Å²) in [5, 5.41) is 9.71. The van der Waals surface area contributed by atoms with Gasteiger partial charge >= 0.3 is 0 Å². The topological polar surface area (TPSA) is 46.9 Å². The number of hydrogen-bond acceptors (Lipinski definition) is 3. The molecular weight excluding hydrogens is 378 g/mol. The van der Waals surface area contributed by atoms with Crippen molar-refractivity contribution in [3.8, 4) is 16.3 Å². The van der Waals surface area contributed by atoms with Crippen LogP contribution in [0.1, 0.15) is 35.7 Å². The number of nitrogens with zero attached hydrogens (tertiary/aromatic N) is 2. The first kappa shape index (κ1) is 19.2. The number of carbonyl (C=O) groups is 1. The SMILES string of the molecule is CCCCc1ccc(NC(=O)c2cn(-c3ccccc3)nc2-c2cccs2)cc1. The Bertz CT molecular complexity index is 1070. The number of thiophene rings is 1. The molecular formula is C24H23N3OS. The van der Waals surface area contributed by atoms with Gasteiger partial charge < -0.3 is 5.32 Å². The van der Waals surface area contributed by atoms with Crippen LogP contribution in [0.2, 0.25) is 0 Å². The van der Waals surface area contributed by atoms with Crippen molar-refractivity contribution in [2.75, 3.05) is 5.32 Å². The number of benzene rings is 2. The summed E-state index contributed by atoms with van der Waals surface area (Å²) in [6, 6.07) is 21.9. The summed E-state index contributed by atoms with van der Waals surface area (Å²) < 4.78 is 1.76. The van der Waals surface area contributed by atoms with Gasteiger partial charge in [0.2, 0.25) is 0 Å². The third-order valence-corrected chi connectivity index (χ3v) is 5.64. The lowest BCUT2D eigenvalue weighted by atomic mass is 10.1. The molecule has 0 saturated carbocycles. The van der Waals surface area contributed by atoms with Gasteiger partial charge in [0.05, 0.1) is 16.1 Å². The van der Waals surface area contributed by atoms with Crippen LogP contribution < -0.4 is 5.32 Å². The number of hydrogen-bond donors (Lipinski definition) is 1. The second kappa shape index (κ2) is 8.88. The zero-order valence-electron chi connectivity index (χ0n) is 16.3. The van der Waals surface area contributed by atoms with Crippen LogP contribution in [0.15, 0.2) is 78.3 Å². The zero-order valence-corrected chi connectivity index (χ0v) is 17.2. The summed E-state index contributed by atoms with van der Waals surface area (Å²) in [6.45, 7) is 2.19. The fourth-order valence-corrected chi connectivity index (χ4v) is 3.91. The fourth-order valence-electron chi connectivity index (χ4n) is 3.18. The molecule has 0 spiro atoms. The lowest BCUT2D eigenvalue weighted by Crippen LogP contribution is -2.12. The molecule has 2 aromatic heterocycles. The summed E-state index contributed by atoms with van der Waals surface area (Å²) in [5.74, 6) is -0.156. The van der Waals surface area contributed by atoms with E-state index in [4.69, 9.17) is 5.10 Å². The molecule has 4 rings (SSSR count). The highest BCUT2D eigenvalue weighted by Gasteiger charge is 2.19.